The van der Waals surface area contributed by atoms with Crippen molar-refractivity contribution in [2.24, 2.45) is 5.92 Å². The standard InChI is InChI=1S/C12H12F2O2/c1-7(2)11(16)9-6-4-3-5-8(9)10(15)12(11,13)14/h3-7,16H,1-2H3. The van der Waals surface area contributed by atoms with Crippen LogP contribution in [0.2, 0.25) is 0 Å². The second-order valence-corrected chi connectivity index (χ2v) is 4.37. The van der Waals surface area contributed by atoms with Gasteiger partial charge in [-0.1, -0.05) is 38.1 Å². The van der Waals surface area contributed by atoms with Crippen LogP contribution in [0.1, 0.15) is 29.8 Å². The summed E-state index contributed by atoms with van der Waals surface area (Å²) < 4.78 is 27.7. The number of hydrogen-bond acceptors (Lipinski definition) is 2. The number of fused-ring (bicyclic) bond motifs is 1. The molecule has 1 aliphatic carbocycles. The van der Waals surface area contributed by atoms with E-state index in [1.165, 1.54) is 32.0 Å². The molecule has 1 atom stereocenters. The normalized spacial score (nSPS) is 27.2. The van der Waals surface area contributed by atoms with Crippen LogP contribution in [0, 0.1) is 5.92 Å². The van der Waals surface area contributed by atoms with E-state index in [-0.39, 0.29) is 11.1 Å². The predicted octanol–water partition coefficient (Wildman–Crippen LogP) is 2.36. The number of halogens is 2. The minimum absolute atomic E-state index is 0.0278. The Kier molecular flexibility index (Phi) is 2.17. The van der Waals surface area contributed by atoms with E-state index in [4.69, 9.17) is 0 Å². The van der Waals surface area contributed by atoms with Crippen LogP contribution in [-0.2, 0) is 5.60 Å². The Morgan fingerprint density at radius 3 is 2.38 bits per heavy atom. The second-order valence-electron chi connectivity index (χ2n) is 4.37. The van der Waals surface area contributed by atoms with Crippen molar-refractivity contribution in [2.75, 3.05) is 0 Å². The van der Waals surface area contributed by atoms with Crippen LogP contribution >= 0.6 is 0 Å². The molecule has 1 aromatic carbocycles. The molecule has 86 valence electrons. The zero-order chi connectivity index (χ0) is 12.1. The number of carbonyl (C=O) groups excluding carboxylic acids is 1. The van der Waals surface area contributed by atoms with Crippen molar-refractivity contribution in [3.63, 3.8) is 0 Å². The molecule has 1 N–H and O–H groups in total. The number of aliphatic hydroxyl groups is 1. The number of carbonyl (C=O) groups is 1. The lowest BCUT2D eigenvalue weighted by Crippen LogP contribution is -2.48. The molecule has 0 bridgehead atoms. The second kappa shape index (κ2) is 3.10. The topological polar surface area (TPSA) is 37.3 Å². The molecule has 1 aliphatic rings. The predicted molar refractivity (Wildman–Crippen MR) is 54.5 cm³/mol. The molecule has 4 heteroatoms. The van der Waals surface area contributed by atoms with Crippen LogP contribution in [0.5, 0.6) is 0 Å². The highest BCUT2D eigenvalue weighted by Crippen LogP contribution is 2.51. The molecular weight excluding hydrogens is 214 g/mol. The zero-order valence-corrected chi connectivity index (χ0v) is 9.00. The fourth-order valence-electron chi connectivity index (χ4n) is 2.20. The lowest BCUT2D eigenvalue weighted by atomic mass is 9.82. The van der Waals surface area contributed by atoms with Gasteiger partial charge in [0.05, 0.1) is 0 Å². The molecule has 0 saturated heterocycles. The first-order valence-electron chi connectivity index (χ1n) is 5.08. The number of benzene rings is 1. The molecule has 0 aromatic heterocycles. The van der Waals surface area contributed by atoms with Gasteiger partial charge >= 0.3 is 5.92 Å². The fourth-order valence-corrected chi connectivity index (χ4v) is 2.20. The van der Waals surface area contributed by atoms with Gasteiger partial charge in [0.25, 0.3) is 0 Å². The van der Waals surface area contributed by atoms with Gasteiger partial charge in [-0.25, -0.2) is 0 Å². The first kappa shape index (κ1) is 11.2. The van der Waals surface area contributed by atoms with Gasteiger partial charge in [0.1, 0.15) is 0 Å². The van der Waals surface area contributed by atoms with Gasteiger partial charge in [0, 0.05) is 11.1 Å². The van der Waals surface area contributed by atoms with Crippen LogP contribution in [0.3, 0.4) is 0 Å². The van der Waals surface area contributed by atoms with Crippen molar-refractivity contribution in [1.82, 2.24) is 0 Å². The number of ketones is 1. The first-order chi connectivity index (χ1) is 7.33. The van der Waals surface area contributed by atoms with E-state index in [1.54, 1.807) is 6.07 Å². The molecule has 0 spiro atoms. The van der Waals surface area contributed by atoms with E-state index in [9.17, 15) is 18.7 Å². The Labute approximate surface area is 91.9 Å². The smallest absolute Gasteiger partial charge is 0.342 e. The number of hydrogen-bond donors (Lipinski definition) is 1. The van der Waals surface area contributed by atoms with E-state index in [2.05, 4.69) is 0 Å². The SMILES string of the molecule is CC(C)C1(O)c2ccccc2C(=O)C1(F)F. The van der Waals surface area contributed by atoms with Gasteiger partial charge in [-0.2, -0.15) is 8.78 Å². The van der Waals surface area contributed by atoms with Crippen molar-refractivity contribution in [2.45, 2.75) is 25.4 Å². The zero-order valence-electron chi connectivity index (χ0n) is 9.00. The van der Waals surface area contributed by atoms with Crippen molar-refractivity contribution >= 4 is 5.78 Å². The fraction of sp³-hybridized carbons (Fsp3) is 0.417. The summed E-state index contributed by atoms with van der Waals surface area (Å²) in [5.41, 5.74) is -2.44. The van der Waals surface area contributed by atoms with Gasteiger partial charge in [-0.15, -0.1) is 0 Å². The van der Waals surface area contributed by atoms with E-state index in [1.807, 2.05) is 0 Å². The maximum atomic E-state index is 13.8. The van der Waals surface area contributed by atoms with E-state index in [0.717, 1.165) is 0 Å². The summed E-state index contributed by atoms with van der Waals surface area (Å²) in [7, 11) is 0. The lowest BCUT2D eigenvalue weighted by molar-refractivity contribution is -0.172. The van der Waals surface area contributed by atoms with Crippen molar-refractivity contribution in [3.05, 3.63) is 35.4 Å². The molecule has 0 saturated carbocycles. The van der Waals surface area contributed by atoms with Crippen LogP contribution in [0.15, 0.2) is 24.3 Å². The van der Waals surface area contributed by atoms with E-state index in [0.29, 0.717) is 0 Å². The Hall–Kier alpha value is -1.29. The maximum Gasteiger partial charge on any atom is 0.342 e. The molecule has 16 heavy (non-hydrogen) atoms. The van der Waals surface area contributed by atoms with Crippen LogP contribution in [0.25, 0.3) is 0 Å². The molecule has 0 heterocycles. The monoisotopic (exact) mass is 226 g/mol. The third-order valence-electron chi connectivity index (χ3n) is 3.18. The summed E-state index contributed by atoms with van der Waals surface area (Å²) in [5.74, 6) is -5.78. The number of rotatable bonds is 1. The summed E-state index contributed by atoms with van der Waals surface area (Å²) >= 11 is 0. The van der Waals surface area contributed by atoms with E-state index >= 15 is 0 Å². The van der Waals surface area contributed by atoms with Crippen molar-refractivity contribution < 1.29 is 18.7 Å². The van der Waals surface area contributed by atoms with Gasteiger partial charge in [-0.3, -0.25) is 4.79 Å². The minimum atomic E-state index is -3.75. The molecular formula is C12H12F2O2. The quantitative estimate of drug-likeness (QED) is 0.798. The van der Waals surface area contributed by atoms with Gasteiger partial charge in [0.2, 0.25) is 5.78 Å². The highest BCUT2D eigenvalue weighted by Gasteiger charge is 2.66. The summed E-state index contributed by atoms with van der Waals surface area (Å²) in [6, 6.07) is 5.76. The van der Waals surface area contributed by atoms with Gasteiger partial charge < -0.3 is 5.11 Å². The number of Topliss-reactive ketones (excluding diaryl/α,β-unsaturated/α-hetero) is 1. The minimum Gasteiger partial charge on any atom is -0.378 e. The van der Waals surface area contributed by atoms with Crippen LogP contribution in [0.4, 0.5) is 8.78 Å². The average molecular weight is 226 g/mol. The molecule has 0 amide bonds. The highest BCUT2D eigenvalue weighted by atomic mass is 19.3. The van der Waals surface area contributed by atoms with E-state index < -0.39 is 23.2 Å². The third kappa shape index (κ3) is 1.05. The molecule has 2 nitrogen and oxygen atoms in total. The largest absolute Gasteiger partial charge is 0.378 e. The summed E-state index contributed by atoms with van der Waals surface area (Å²) in [6.07, 6.45) is 0. The Morgan fingerprint density at radius 2 is 1.81 bits per heavy atom. The summed E-state index contributed by atoms with van der Waals surface area (Å²) in [4.78, 5) is 11.5. The van der Waals surface area contributed by atoms with Crippen LogP contribution in [-0.4, -0.2) is 16.8 Å². The summed E-state index contributed by atoms with van der Waals surface area (Å²) in [5, 5.41) is 10.1. The molecule has 0 fully saturated rings. The third-order valence-corrected chi connectivity index (χ3v) is 3.18. The molecule has 0 aliphatic heterocycles. The van der Waals surface area contributed by atoms with Gasteiger partial charge in [0.15, 0.2) is 5.60 Å². The average Bonchev–Trinajstić information content (AvgIpc) is 2.40. The van der Waals surface area contributed by atoms with Crippen molar-refractivity contribution in [1.29, 1.82) is 0 Å². The molecule has 0 radical (unpaired) electrons. The Balaban J connectivity index is 2.75. The molecule has 1 unspecified atom stereocenters. The molecule has 1 aromatic rings. The van der Waals surface area contributed by atoms with Gasteiger partial charge in [-0.05, 0) is 5.92 Å². The number of alkyl halides is 2. The van der Waals surface area contributed by atoms with Crippen molar-refractivity contribution in [3.8, 4) is 0 Å². The van der Waals surface area contributed by atoms with Crippen LogP contribution < -0.4 is 0 Å². The molecule has 2 rings (SSSR count). The maximum absolute atomic E-state index is 13.8. The summed E-state index contributed by atoms with van der Waals surface area (Å²) in [6.45, 7) is 2.95. The lowest BCUT2D eigenvalue weighted by Gasteiger charge is -2.33. The Bertz CT molecular complexity index is 454. The Morgan fingerprint density at radius 1 is 1.25 bits per heavy atom. The first-order valence-corrected chi connectivity index (χ1v) is 5.08. The highest BCUT2D eigenvalue weighted by molar-refractivity contribution is 6.07.